The predicted octanol–water partition coefficient (Wildman–Crippen LogP) is 3.20. The van der Waals surface area contributed by atoms with Crippen LogP contribution in [0.5, 0.6) is 0 Å². The van der Waals surface area contributed by atoms with Crippen molar-refractivity contribution in [2.24, 2.45) is 22.1 Å². The first-order chi connectivity index (χ1) is 15.2. The SMILES string of the molecule is CC(=O)N1c2ccc(/C(C=NC3COC3)=C/N)cc2N(C(=O)OCC2CC2(C)C)C[C@@H]1C. The number of hydrogen-bond acceptors (Lipinski definition) is 6. The number of nitrogens with two attached hydrogens (primary N) is 1. The van der Waals surface area contributed by atoms with Crippen molar-refractivity contribution in [3.05, 3.63) is 30.0 Å². The normalized spacial score (nSPS) is 24.8. The van der Waals surface area contributed by atoms with E-state index in [2.05, 4.69) is 18.8 Å². The zero-order valence-electron chi connectivity index (χ0n) is 19.2. The second-order valence-electron chi connectivity index (χ2n) is 9.61. The number of amides is 2. The van der Waals surface area contributed by atoms with Crippen molar-refractivity contribution in [1.82, 2.24) is 0 Å². The van der Waals surface area contributed by atoms with E-state index in [0.717, 1.165) is 17.6 Å². The fraction of sp³-hybridized carbons (Fsp3) is 0.542. The Kier molecular flexibility index (Phi) is 5.99. The molecule has 1 aromatic carbocycles. The van der Waals surface area contributed by atoms with E-state index in [0.29, 0.717) is 43.7 Å². The Bertz CT molecular complexity index is 967. The number of allylic oxidation sites excluding steroid dienone is 1. The minimum Gasteiger partial charge on any atom is -0.449 e. The Labute approximate surface area is 189 Å². The van der Waals surface area contributed by atoms with Gasteiger partial charge in [0.05, 0.1) is 43.3 Å². The highest BCUT2D eigenvalue weighted by atomic mass is 16.6. The molecule has 2 heterocycles. The van der Waals surface area contributed by atoms with Crippen molar-refractivity contribution in [1.29, 1.82) is 0 Å². The zero-order chi connectivity index (χ0) is 23.0. The Morgan fingerprint density at radius 3 is 2.59 bits per heavy atom. The van der Waals surface area contributed by atoms with Crippen molar-refractivity contribution in [2.45, 2.75) is 46.2 Å². The maximum absolute atomic E-state index is 13.1. The highest BCUT2D eigenvalue weighted by molar-refractivity contribution is 6.11. The van der Waals surface area contributed by atoms with Crippen LogP contribution in [-0.2, 0) is 14.3 Å². The summed E-state index contributed by atoms with van der Waals surface area (Å²) in [5.41, 5.74) is 8.98. The molecular weight excluding hydrogens is 408 g/mol. The topological polar surface area (TPSA) is 97.5 Å². The average molecular weight is 441 g/mol. The van der Waals surface area contributed by atoms with Gasteiger partial charge in [0.2, 0.25) is 5.91 Å². The maximum atomic E-state index is 13.1. The lowest BCUT2D eigenvalue weighted by Crippen LogP contribution is -2.51. The smallest absolute Gasteiger partial charge is 0.414 e. The van der Waals surface area contributed by atoms with Gasteiger partial charge in [0.15, 0.2) is 0 Å². The van der Waals surface area contributed by atoms with Crippen LogP contribution in [-0.4, -0.2) is 56.7 Å². The number of ether oxygens (including phenoxy) is 2. The third kappa shape index (κ3) is 4.37. The van der Waals surface area contributed by atoms with Crippen LogP contribution >= 0.6 is 0 Å². The van der Waals surface area contributed by atoms with Gasteiger partial charge >= 0.3 is 6.09 Å². The highest BCUT2D eigenvalue weighted by Crippen LogP contribution is 2.51. The van der Waals surface area contributed by atoms with E-state index in [1.165, 1.54) is 13.1 Å². The summed E-state index contributed by atoms with van der Waals surface area (Å²) >= 11 is 0. The van der Waals surface area contributed by atoms with Gasteiger partial charge in [-0.15, -0.1) is 0 Å². The first kappa shape index (κ1) is 22.3. The number of rotatable bonds is 5. The van der Waals surface area contributed by atoms with Gasteiger partial charge in [-0.25, -0.2) is 4.79 Å². The largest absolute Gasteiger partial charge is 0.449 e. The third-order valence-corrected chi connectivity index (χ3v) is 6.66. The average Bonchev–Trinajstić information content (AvgIpc) is 3.33. The molecule has 8 nitrogen and oxygen atoms in total. The quantitative estimate of drug-likeness (QED) is 0.709. The zero-order valence-corrected chi connectivity index (χ0v) is 19.2. The highest BCUT2D eigenvalue weighted by Gasteiger charge is 2.46. The van der Waals surface area contributed by atoms with Crippen LogP contribution in [0.3, 0.4) is 0 Å². The molecule has 1 aromatic rings. The van der Waals surface area contributed by atoms with Gasteiger partial charge in [0.25, 0.3) is 0 Å². The number of benzene rings is 1. The number of carbonyl (C=O) groups is 2. The minimum absolute atomic E-state index is 0.0691. The number of nitrogens with zero attached hydrogens (tertiary/aromatic N) is 3. The van der Waals surface area contributed by atoms with Crippen molar-refractivity contribution in [3.63, 3.8) is 0 Å². The lowest BCUT2D eigenvalue weighted by atomic mass is 10.0. The summed E-state index contributed by atoms with van der Waals surface area (Å²) in [4.78, 5) is 33.3. The molecule has 2 aliphatic heterocycles. The van der Waals surface area contributed by atoms with Gasteiger partial charge in [-0.1, -0.05) is 19.9 Å². The molecule has 4 rings (SSSR count). The molecule has 1 saturated carbocycles. The molecule has 2 N–H and O–H groups in total. The van der Waals surface area contributed by atoms with Crippen LogP contribution in [0.15, 0.2) is 29.4 Å². The van der Waals surface area contributed by atoms with Crippen LogP contribution in [0.2, 0.25) is 0 Å². The van der Waals surface area contributed by atoms with Gasteiger partial charge in [0, 0.05) is 31.5 Å². The van der Waals surface area contributed by atoms with Crippen molar-refractivity contribution in [3.8, 4) is 0 Å². The second-order valence-corrected chi connectivity index (χ2v) is 9.61. The summed E-state index contributed by atoms with van der Waals surface area (Å²) < 4.78 is 10.8. The Morgan fingerprint density at radius 2 is 2.03 bits per heavy atom. The molecule has 1 unspecified atom stereocenters. The maximum Gasteiger partial charge on any atom is 0.414 e. The molecule has 0 spiro atoms. The van der Waals surface area contributed by atoms with Crippen LogP contribution in [0.4, 0.5) is 16.2 Å². The van der Waals surface area contributed by atoms with Gasteiger partial charge in [-0.2, -0.15) is 0 Å². The number of fused-ring (bicyclic) bond motifs is 1. The summed E-state index contributed by atoms with van der Waals surface area (Å²) in [6.45, 7) is 9.82. The van der Waals surface area contributed by atoms with E-state index >= 15 is 0 Å². The van der Waals surface area contributed by atoms with E-state index < -0.39 is 0 Å². The van der Waals surface area contributed by atoms with Crippen molar-refractivity contribution in [2.75, 3.05) is 36.2 Å². The number of aliphatic imine (C=N–C) groups is 1. The standard InChI is InChI=1S/C24H32N4O4/c1-15-11-27(23(30)32-12-19-8-24(19,3)4)22-7-17(5-6-21(22)28(15)16(2)29)18(9-25)10-26-20-13-31-14-20/h5-7,9-10,15,19-20H,8,11-14,25H2,1-4H3/b18-9+,26-10?/t15-,19?/m0/s1. The molecule has 3 aliphatic rings. The fourth-order valence-electron chi connectivity index (χ4n) is 4.28. The molecule has 0 radical (unpaired) electrons. The molecule has 2 atom stereocenters. The van der Waals surface area contributed by atoms with Gasteiger partial charge in [0.1, 0.15) is 0 Å². The molecule has 32 heavy (non-hydrogen) atoms. The van der Waals surface area contributed by atoms with Crippen molar-refractivity contribution >= 4 is 35.2 Å². The summed E-state index contributed by atoms with van der Waals surface area (Å²) in [5, 5.41) is 0. The summed E-state index contributed by atoms with van der Waals surface area (Å²) in [6.07, 6.45) is 3.91. The summed E-state index contributed by atoms with van der Waals surface area (Å²) in [6, 6.07) is 5.61. The Balaban J connectivity index is 1.62. The first-order valence-electron chi connectivity index (χ1n) is 11.1. The van der Waals surface area contributed by atoms with Crippen LogP contribution in [0, 0.1) is 11.3 Å². The van der Waals surface area contributed by atoms with E-state index in [9.17, 15) is 9.59 Å². The lowest BCUT2D eigenvalue weighted by molar-refractivity contribution is -0.117. The molecule has 1 saturated heterocycles. The molecule has 8 heteroatoms. The molecule has 0 aromatic heterocycles. The monoisotopic (exact) mass is 440 g/mol. The number of anilines is 2. The minimum atomic E-state index is -0.389. The molecule has 0 bridgehead atoms. The Morgan fingerprint density at radius 1 is 1.31 bits per heavy atom. The Hall–Kier alpha value is -2.87. The molecule has 2 amide bonds. The second kappa shape index (κ2) is 8.58. The lowest BCUT2D eigenvalue weighted by Gasteiger charge is -2.40. The first-order valence-corrected chi connectivity index (χ1v) is 11.1. The van der Waals surface area contributed by atoms with Crippen LogP contribution in [0.1, 0.15) is 39.7 Å². The number of hydrogen-bond donors (Lipinski definition) is 1. The summed E-state index contributed by atoms with van der Waals surface area (Å²) in [5.74, 6) is 0.326. The van der Waals surface area contributed by atoms with Gasteiger partial charge in [-0.3, -0.25) is 14.7 Å². The number of carbonyl (C=O) groups excluding carboxylic acids is 2. The van der Waals surface area contributed by atoms with Gasteiger partial charge < -0.3 is 20.1 Å². The molecule has 1 aliphatic carbocycles. The van der Waals surface area contributed by atoms with Gasteiger partial charge in [-0.05, 0) is 42.4 Å². The third-order valence-electron chi connectivity index (χ3n) is 6.66. The van der Waals surface area contributed by atoms with Crippen molar-refractivity contribution < 1.29 is 19.1 Å². The van der Waals surface area contributed by atoms with Crippen LogP contribution in [0.25, 0.3) is 5.57 Å². The molecule has 172 valence electrons. The van der Waals surface area contributed by atoms with Crippen LogP contribution < -0.4 is 15.5 Å². The molecule has 2 fully saturated rings. The van der Waals surface area contributed by atoms with E-state index in [1.54, 1.807) is 16.0 Å². The van der Waals surface area contributed by atoms with E-state index in [4.69, 9.17) is 15.2 Å². The summed E-state index contributed by atoms with van der Waals surface area (Å²) in [7, 11) is 0. The van der Waals surface area contributed by atoms with E-state index in [1.807, 2.05) is 25.1 Å². The predicted molar refractivity (Wildman–Crippen MR) is 125 cm³/mol. The fourth-order valence-corrected chi connectivity index (χ4v) is 4.28. The molecular formula is C24H32N4O4. The van der Waals surface area contributed by atoms with E-state index in [-0.39, 0.29) is 29.5 Å².